The van der Waals surface area contributed by atoms with E-state index >= 15 is 0 Å². The summed E-state index contributed by atoms with van der Waals surface area (Å²) in [5.41, 5.74) is 2.24. The Kier molecular flexibility index (Phi) is 16.2. The summed E-state index contributed by atoms with van der Waals surface area (Å²) in [5, 5.41) is 10.8. The Balaban J connectivity index is 0.000000364. The van der Waals surface area contributed by atoms with Gasteiger partial charge in [-0.05, 0) is 70.0 Å². The average Bonchev–Trinajstić information content (AvgIpc) is 3.11. The molecule has 1 fully saturated rings. The van der Waals surface area contributed by atoms with Gasteiger partial charge >= 0.3 is 6.18 Å². The molecular weight excluding hydrogens is 519 g/mol. The quantitative estimate of drug-likeness (QED) is 0.326. The Morgan fingerprint density at radius 1 is 1.23 bits per heavy atom. The molecule has 40 heavy (non-hydrogen) atoms. The molecule has 9 heteroatoms. The van der Waals surface area contributed by atoms with Crippen LogP contribution in [-0.4, -0.2) is 67.8 Å². The molecule has 1 amide bonds. The predicted octanol–water partition coefficient (Wildman–Crippen LogP) is 5.60. The molecule has 1 saturated heterocycles. The highest BCUT2D eigenvalue weighted by Gasteiger charge is 2.36. The third kappa shape index (κ3) is 12.5. The Labute approximate surface area is 237 Å². The Morgan fingerprint density at radius 2 is 1.93 bits per heavy atom. The Hall–Kier alpha value is -2.93. The fourth-order valence-corrected chi connectivity index (χ4v) is 4.00. The van der Waals surface area contributed by atoms with Crippen LogP contribution in [0, 0.1) is 29.6 Å². The second kappa shape index (κ2) is 18.4. The summed E-state index contributed by atoms with van der Waals surface area (Å²) in [6.45, 7) is 15.0. The monoisotopic (exact) mass is 563 g/mol. The molecule has 0 aromatic carbocycles. The third-order valence-corrected chi connectivity index (χ3v) is 6.21. The minimum Gasteiger partial charge on any atom is -0.397 e. The molecule has 0 radical (unpaired) electrons. The van der Waals surface area contributed by atoms with Gasteiger partial charge in [-0.25, -0.2) is 0 Å². The van der Waals surface area contributed by atoms with Gasteiger partial charge in [0.15, 0.2) is 0 Å². The number of carbonyl (C=O) groups is 1. The van der Waals surface area contributed by atoms with Gasteiger partial charge in [0, 0.05) is 49.4 Å². The second-order valence-electron chi connectivity index (χ2n) is 9.51. The third-order valence-electron chi connectivity index (χ3n) is 6.21. The highest BCUT2D eigenvalue weighted by atomic mass is 19.4. The molecule has 2 aliphatic heterocycles. The number of halogens is 3. The molecule has 0 aromatic heterocycles. The van der Waals surface area contributed by atoms with Gasteiger partial charge in [0.25, 0.3) is 5.91 Å². The van der Waals surface area contributed by atoms with Crippen LogP contribution in [0.5, 0.6) is 0 Å². The molecule has 2 heterocycles. The predicted molar refractivity (Wildman–Crippen MR) is 155 cm³/mol. The van der Waals surface area contributed by atoms with Crippen LogP contribution in [0.2, 0.25) is 0 Å². The number of likely N-dealkylation sites (N-methyl/N-ethyl adjacent to an activating group) is 1. The lowest BCUT2D eigenvalue weighted by atomic mass is 9.84. The van der Waals surface area contributed by atoms with E-state index in [9.17, 15) is 18.0 Å². The molecule has 0 spiro atoms. The van der Waals surface area contributed by atoms with Crippen molar-refractivity contribution in [2.75, 3.05) is 39.5 Å². The number of aliphatic hydroxyl groups is 1. The number of aliphatic imine (C=N–C) groups is 1. The maximum absolute atomic E-state index is 12.5. The van der Waals surface area contributed by atoms with Gasteiger partial charge in [-0.15, -0.1) is 5.92 Å². The van der Waals surface area contributed by atoms with Crippen LogP contribution in [0.25, 0.3) is 0 Å². The molecule has 0 bridgehead atoms. The van der Waals surface area contributed by atoms with Crippen molar-refractivity contribution in [1.82, 2.24) is 10.2 Å². The van der Waals surface area contributed by atoms with E-state index in [1.165, 1.54) is 12.3 Å². The number of carbonyl (C=O) groups excluding carboxylic acids is 1. The number of aliphatic hydroxyl groups excluding tert-OH is 1. The molecule has 0 saturated carbocycles. The number of amides is 1. The first-order valence-corrected chi connectivity index (χ1v) is 13.7. The first-order valence-electron chi connectivity index (χ1n) is 13.7. The van der Waals surface area contributed by atoms with E-state index in [1.54, 1.807) is 6.92 Å². The van der Waals surface area contributed by atoms with Crippen molar-refractivity contribution in [2.24, 2.45) is 22.7 Å². The second-order valence-corrected chi connectivity index (χ2v) is 9.51. The van der Waals surface area contributed by atoms with Gasteiger partial charge < -0.3 is 20.1 Å². The molecular formula is C31H44F3N3O3. The van der Waals surface area contributed by atoms with Crippen LogP contribution in [0.4, 0.5) is 13.2 Å². The summed E-state index contributed by atoms with van der Waals surface area (Å²) in [7, 11) is 0. The van der Waals surface area contributed by atoms with Crippen LogP contribution in [-0.2, 0) is 9.53 Å². The lowest BCUT2D eigenvalue weighted by Gasteiger charge is -2.25. The zero-order valence-corrected chi connectivity index (χ0v) is 24.5. The first-order chi connectivity index (χ1) is 19.0. The van der Waals surface area contributed by atoms with Crippen molar-refractivity contribution in [3.63, 3.8) is 0 Å². The summed E-state index contributed by atoms with van der Waals surface area (Å²) in [6.07, 6.45) is 8.82. The van der Waals surface area contributed by atoms with E-state index in [0.29, 0.717) is 12.5 Å². The number of nitrogens with zero attached hydrogens (tertiary/aromatic N) is 2. The van der Waals surface area contributed by atoms with Crippen LogP contribution in [0.1, 0.15) is 48.0 Å². The normalized spacial score (nSPS) is 22.8. The van der Waals surface area contributed by atoms with Gasteiger partial charge in [-0.1, -0.05) is 38.0 Å². The molecule has 0 aromatic rings. The number of ether oxygens (including phenoxy) is 1. The SMILES string of the molecule is CC#C/C(C)=C\C=C(/C)N1CC(CC)COCC1=O.CCNCC1=CC2C=NC(C(F)(F)F)=CC2C=C1.CCO. The highest BCUT2D eigenvalue weighted by Crippen LogP contribution is 2.34. The molecule has 6 nitrogen and oxygen atoms in total. The topological polar surface area (TPSA) is 74.2 Å². The standard InChI is InChI=1S/C16H23NO2.C13H15F3N2.C2H6O/c1-5-7-13(3)8-9-14(4)17-10-15(6-2)11-19-12-16(17)18;1-2-17-7-9-3-4-10-6-12(13(14,15)16)18-8-11(10)5-9;1-2-3/h8-9,15H,6,10-12H2,1-4H3;3-6,8,10-11,17H,2,7H2,1H3;3H,2H2,1H3/b13-8-,14-9+;;. The molecule has 2 N–H and O–H groups in total. The number of hydrogen-bond acceptors (Lipinski definition) is 5. The average molecular weight is 564 g/mol. The van der Waals surface area contributed by atoms with E-state index in [-0.39, 0.29) is 31.0 Å². The number of hydrogen-bond donors (Lipinski definition) is 2. The summed E-state index contributed by atoms with van der Waals surface area (Å²) >= 11 is 0. The smallest absolute Gasteiger partial charge is 0.397 e. The Bertz CT molecular complexity index is 1060. The zero-order valence-electron chi connectivity index (χ0n) is 24.5. The summed E-state index contributed by atoms with van der Waals surface area (Å²) in [6, 6.07) is 0. The molecule has 222 valence electrons. The van der Waals surface area contributed by atoms with Crippen molar-refractivity contribution in [1.29, 1.82) is 0 Å². The van der Waals surface area contributed by atoms with E-state index in [2.05, 4.69) is 29.1 Å². The first kappa shape index (κ1) is 35.1. The maximum Gasteiger partial charge on any atom is 0.433 e. The van der Waals surface area contributed by atoms with Crippen LogP contribution in [0.3, 0.4) is 0 Å². The van der Waals surface area contributed by atoms with E-state index in [1.807, 2.05) is 63.0 Å². The molecule has 3 rings (SSSR count). The van der Waals surface area contributed by atoms with Gasteiger partial charge in [-0.3, -0.25) is 9.79 Å². The molecule has 3 atom stereocenters. The van der Waals surface area contributed by atoms with Gasteiger partial charge in [0.05, 0.1) is 6.61 Å². The summed E-state index contributed by atoms with van der Waals surface area (Å²) in [5.74, 6) is 6.00. The zero-order chi connectivity index (χ0) is 30.1. The van der Waals surface area contributed by atoms with Crippen molar-refractivity contribution < 1.29 is 27.8 Å². The van der Waals surface area contributed by atoms with Gasteiger partial charge in [0.1, 0.15) is 12.3 Å². The van der Waals surface area contributed by atoms with E-state index in [0.717, 1.165) is 42.9 Å². The van der Waals surface area contributed by atoms with Crippen LogP contribution in [0.15, 0.2) is 64.0 Å². The number of rotatable bonds is 6. The number of alkyl halides is 3. The Morgan fingerprint density at radius 3 is 2.52 bits per heavy atom. The number of nitrogens with one attached hydrogen (secondary N) is 1. The minimum absolute atomic E-state index is 0.0392. The lowest BCUT2D eigenvalue weighted by Crippen LogP contribution is -2.33. The molecule has 3 unspecified atom stereocenters. The minimum atomic E-state index is -4.36. The summed E-state index contributed by atoms with van der Waals surface area (Å²) < 4.78 is 42.9. The van der Waals surface area contributed by atoms with Crippen LogP contribution < -0.4 is 5.32 Å². The van der Waals surface area contributed by atoms with E-state index in [4.69, 9.17) is 9.84 Å². The fourth-order valence-electron chi connectivity index (χ4n) is 4.00. The highest BCUT2D eigenvalue weighted by molar-refractivity contribution is 5.79. The number of allylic oxidation sites excluding steroid dienone is 8. The molecule has 3 aliphatic rings. The van der Waals surface area contributed by atoms with Gasteiger partial charge in [-0.2, -0.15) is 13.2 Å². The van der Waals surface area contributed by atoms with Crippen molar-refractivity contribution in [2.45, 2.75) is 54.1 Å². The van der Waals surface area contributed by atoms with Crippen molar-refractivity contribution in [3.8, 4) is 11.8 Å². The van der Waals surface area contributed by atoms with Crippen molar-refractivity contribution >= 4 is 12.1 Å². The maximum atomic E-state index is 12.5. The van der Waals surface area contributed by atoms with Gasteiger partial charge in [0.2, 0.25) is 0 Å². The largest absolute Gasteiger partial charge is 0.433 e. The van der Waals surface area contributed by atoms with E-state index < -0.39 is 11.9 Å². The summed E-state index contributed by atoms with van der Waals surface area (Å²) in [4.78, 5) is 17.3. The number of fused-ring (bicyclic) bond motifs is 1. The lowest BCUT2D eigenvalue weighted by molar-refractivity contribution is -0.132. The van der Waals surface area contributed by atoms with Crippen molar-refractivity contribution in [3.05, 3.63) is 59.0 Å². The van der Waals surface area contributed by atoms with Crippen LogP contribution >= 0.6 is 0 Å². The molecule has 1 aliphatic carbocycles. The fraction of sp³-hybridized carbons (Fsp3) is 0.548.